The van der Waals surface area contributed by atoms with E-state index in [0.717, 1.165) is 51.0 Å². The van der Waals surface area contributed by atoms with Crippen LogP contribution in [0.15, 0.2) is 89.3 Å². The van der Waals surface area contributed by atoms with E-state index in [-0.39, 0.29) is 0 Å². The molecule has 0 saturated carbocycles. The van der Waals surface area contributed by atoms with Crippen LogP contribution in [-0.4, -0.2) is 20.3 Å². The molecule has 4 rings (SSSR count). The minimum Gasteiger partial charge on any atom is -0.497 e. The third kappa shape index (κ3) is 5.84. The molecule has 0 unspecified atom stereocenters. The van der Waals surface area contributed by atoms with E-state index >= 15 is 0 Å². The van der Waals surface area contributed by atoms with Gasteiger partial charge >= 0.3 is 11.5 Å². The lowest BCUT2D eigenvalue weighted by molar-refractivity contribution is 0.340. The maximum atomic E-state index is 6.27. The standard InChI is InChI=1S/C30H29O4/c1-4-32-27-13-6-22(7-14-27)8-15-29-20-25(23-9-18-28(19-10-23)33-5-2)21-30(34-29)24-11-16-26(31-3)17-12-24/h6-21H,4-5H2,1-3H3/q+1/b15-8+. The molecule has 4 aromatic rings. The van der Waals surface area contributed by atoms with Crippen molar-refractivity contribution in [3.05, 3.63) is 96.3 Å². The fourth-order valence-electron chi connectivity index (χ4n) is 3.60. The van der Waals surface area contributed by atoms with Gasteiger partial charge in [0, 0.05) is 11.6 Å². The van der Waals surface area contributed by atoms with Crippen molar-refractivity contribution in [2.75, 3.05) is 20.3 Å². The van der Waals surface area contributed by atoms with Crippen LogP contribution >= 0.6 is 0 Å². The van der Waals surface area contributed by atoms with Crippen molar-refractivity contribution >= 4 is 12.2 Å². The molecule has 0 atom stereocenters. The topological polar surface area (TPSA) is 39.0 Å². The highest BCUT2D eigenvalue weighted by atomic mass is 16.5. The zero-order valence-electron chi connectivity index (χ0n) is 19.8. The Bertz CT molecular complexity index is 1220. The molecule has 4 heteroatoms. The molecular weight excluding hydrogens is 424 g/mol. The van der Waals surface area contributed by atoms with Crippen LogP contribution in [0.1, 0.15) is 25.2 Å². The van der Waals surface area contributed by atoms with Crippen molar-refractivity contribution in [2.24, 2.45) is 0 Å². The van der Waals surface area contributed by atoms with Gasteiger partial charge in [-0.05, 0) is 79.6 Å². The number of hydrogen-bond acceptors (Lipinski definition) is 3. The lowest BCUT2D eigenvalue weighted by Crippen LogP contribution is -1.91. The normalized spacial score (nSPS) is 10.9. The molecule has 0 aliphatic carbocycles. The van der Waals surface area contributed by atoms with E-state index < -0.39 is 0 Å². The first-order chi connectivity index (χ1) is 16.7. The maximum absolute atomic E-state index is 6.27. The Morgan fingerprint density at radius 2 is 1.18 bits per heavy atom. The summed E-state index contributed by atoms with van der Waals surface area (Å²) in [5.41, 5.74) is 4.19. The Kier molecular flexibility index (Phi) is 7.61. The number of ether oxygens (including phenoxy) is 3. The van der Waals surface area contributed by atoms with Crippen LogP contribution < -0.4 is 14.2 Å². The van der Waals surface area contributed by atoms with Crippen LogP contribution in [0.2, 0.25) is 0 Å². The van der Waals surface area contributed by atoms with E-state index in [1.54, 1.807) is 7.11 Å². The molecule has 4 nitrogen and oxygen atoms in total. The molecule has 0 aliphatic heterocycles. The Labute approximate surface area is 201 Å². The van der Waals surface area contributed by atoms with Gasteiger partial charge in [0.1, 0.15) is 17.2 Å². The molecule has 1 heterocycles. The summed E-state index contributed by atoms with van der Waals surface area (Å²) >= 11 is 0. The smallest absolute Gasteiger partial charge is 0.361 e. The molecule has 34 heavy (non-hydrogen) atoms. The first-order valence-corrected chi connectivity index (χ1v) is 11.4. The summed E-state index contributed by atoms with van der Waals surface area (Å²) in [6.45, 7) is 5.26. The molecule has 3 aromatic carbocycles. The van der Waals surface area contributed by atoms with Gasteiger partial charge in [0.25, 0.3) is 0 Å². The summed E-state index contributed by atoms with van der Waals surface area (Å²) in [5, 5.41) is 0. The van der Waals surface area contributed by atoms with Gasteiger partial charge in [-0.25, -0.2) is 4.42 Å². The van der Waals surface area contributed by atoms with Gasteiger partial charge in [-0.2, -0.15) is 0 Å². The lowest BCUT2D eigenvalue weighted by atomic mass is 10.0. The van der Waals surface area contributed by atoms with Gasteiger partial charge in [0.15, 0.2) is 0 Å². The fourth-order valence-corrected chi connectivity index (χ4v) is 3.60. The van der Waals surface area contributed by atoms with Crippen LogP contribution in [0, 0.1) is 0 Å². The first kappa shape index (κ1) is 23.1. The van der Waals surface area contributed by atoms with Crippen molar-refractivity contribution < 1.29 is 18.6 Å². The molecule has 172 valence electrons. The summed E-state index contributed by atoms with van der Waals surface area (Å²) in [5.74, 6) is 4.06. The zero-order chi connectivity index (χ0) is 23.8. The third-order valence-electron chi connectivity index (χ3n) is 5.32. The molecule has 1 aromatic heterocycles. The minimum atomic E-state index is 0.645. The van der Waals surface area contributed by atoms with Crippen molar-refractivity contribution in [2.45, 2.75) is 13.8 Å². The second-order valence-electron chi connectivity index (χ2n) is 7.63. The van der Waals surface area contributed by atoms with Crippen LogP contribution in [0.25, 0.3) is 34.6 Å². The summed E-state index contributed by atoms with van der Waals surface area (Å²) in [4.78, 5) is 0. The van der Waals surface area contributed by atoms with Crippen LogP contribution in [0.4, 0.5) is 0 Å². The van der Waals surface area contributed by atoms with Gasteiger partial charge in [0.2, 0.25) is 0 Å². The largest absolute Gasteiger partial charge is 0.497 e. The van der Waals surface area contributed by atoms with Crippen LogP contribution in [0.5, 0.6) is 17.2 Å². The summed E-state index contributed by atoms with van der Waals surface area (Å²) in [6.07, 6.45) is 4.02. The minimum absolute atomic E-state index is 0.645. The second-order valence-corrected chi connectivity index (χ2v) is 7.63. The van der Waals surface area contributed by atoms with Crippen molar-refractivity contribution in [1.82, 2.24) is 0 Å². The maximum Gasteiger partial charge on any atom is 0.361 e. The van der Waals surface area contributed by atoms with Gasteiger partial charge in [-0.3, -0.25) is 0 Å². The zero-order valence-corrected chi connectivity index (χ0v) is 19.8. The molecule has 0 saturated heterocycles. The van der Waals surface area contributed by atoms with Crippen molar-refractivity contribution in [3.8, 4) is 39.7 Å². The van der Waals surface area contributed by atoms with Crippen molar-refractivity contribution in [1.29, 1.82) is 0 Å². The number of hydrogen-bond donors (Lipinski definition) is 0. The fraction of sp³-hybridized carbons (Fsp3) is 0.167. The average molecular weight is 454 g/mol. The first-order valence-electron chi connectivity index (χ1n) is 11.4. The molecule has 0 spiro atoms. The number of benzene rings is 3. The highest BCUT2D eigenvalue weighted by Crippen LogP contribution is 2.31. The Morgan fingerprint density at radius 3 is 1.76 bits per heavy atom. The van der Waals surface area contributed by atoms with Gasteiger partial charge < -0.3 is 14.2 Å². The SMILES string of the molecule is CCOc1ccc(/C=C/c2cc(-c3ccc(OCC)cc3)cc(-c3ccc(OC)cc3)[o+]2)cc1. The average Bonchev–Trinajstić information content (AvgIpc) is 2.89. The third-order valence-corrected chi connectivity index (χ3v) is 5.32. The van der Waals surface area contributed by atoms with Gasteiger partial charge in [0.05, 0.1) is 38.0 Å². The molecule has 0 amide bonds. The predicted octanol–water partition coefficient (Wildman–Crippen LogP) is 7.87. The van der Waals surface area contributed by atoms with E-state index in [1.165, 1.54) is 0 Å². The van der Waals surface area contributed by atoms with Crippen LogP contribution in [0.3, 0.4) is 0 Å². The predicted molar refractivity (Wildman–Crippen MR) is 138 cm³/mol. The highest BCUT2D eigenvalue weighted by molar-refractivity contribution is 5.75. The molecular formula is C30H29O4+. The van der Waals surface area contributed by atoms with E-state index in [0.29, 0.717) is 13.2 Å². The Morgan fingerprint density at radius 1 is 0.618 bits per heavy atom. The van der Waals surface area contributed by atoms with Gasteiger partial charge in [-0.15, -0.1) is 0 Å². The monoisotopic (exact) mass is 453 g/mol. The van der Waals surface area contributed by atoms with Crippen LogP contribution in [-0.2, 0) is 0 Å². The summed E-state index contributed by atoms with van der Waals surface area (Å²) in [7, 11) is 1.66. The highest BCUT2D eigenvalue weighted by Gasteiger charge is 2.18. The Balaban J connectivity index is 1.69. The van der Waals surface area contributed by atoms with E-state index in [4.69, 9.17) is 18.6 Å². The van der Waals surface area contributed by atoms with Gasteiger partial charge in [-0.1, -0.05) is 24.3 Å². The van der Waals surface area contributed by atoms with Crippen molar-refractivity contribution in [3.63, 3.8) is 0 Å². The Hall–Kier alpha value is -4.05. The number of rotatable bonds is 9. The van der Waals surface area contributed by atoms with E-state index in [1.807, 2.05) is 92.7 Å². The molecule has 0 fully saturated rings. The molecule has 0 N–H and O–H groups in total. The molecule has 0 bridgehead atoms. The summed E-state index contributed by atoms with van der Waals surface area (Å²) in [6, 6.07) is 28.1. The number of methoxy groups -OCH3 is 1. The van der Waals surface area contributed by atoms with E-state index in [2.05, 4.69) is 18.2 Å². The molecule has 0 aliphatic rings. The second kappa shape index (κ2) is 11.2. The summed E-state index contributed by atoms with van der Waals surface area (Å²) < 4.78 is 22.7. The van der Waals surface area contributed by atoms with E-state index in [9.17, 15) is 0 Å². The molecule has 0 radical (unpaired) electrons. The quantitative estimate of drug-likeness (QED) is 0.242. The lowest BCUT2D eigenvalue weighted by Gasteiger charge is -2.05.